The molecule has 144 valence electrons. The van der Waals surface area contributed by atoms with Gasteiger partial charge < -0.3 is 0 Å². The van der Waals surface area contributed by atoms with Gasteiger partial charge in [-0.3, -0.25) is 4.90 Å². The smallest absolute Gasteiger partial charge is 0.0290 e. The van der Waals surface area contributed by atoms with Crippen molar-refractivity contribution < 1.29 is 0 Å². The molecule has 1 nitrogen and oxygen atoms in total. The summed E-state index contributed by atoms with van der Waals surface area (Å²) in [4.78, 5) is 2.60. The highest BCUT2D eigenvalue weighted by atomic mass is 15.1. The van der Waals surface area contributed by atoms with Crippen LogP contribution < -0.4 is 0 Å². The Morgan fingerprint density at radius 2 is 1.14 bits per heavy atom. The lowest BCUT2D eigenvalue weighted by atomic mass is 9.99. The minimum atomic E-state index is 0.389. The Morgan fingerprint density at radius 3 is 1.61 bits per heavy atom. The van der Waals surface area contributed by atoms with E-state index in [0.717, 1.165) is 19.5 Å². The molecule has 0 saturated carbocycles. The first kappa shape index (κ1) is 20.1. The minimum absolute atomic E-state index is 0.389. The van der Waals surface area contributed by atoms with Crippen LogP contribution in [0.4, 0.5) is 0 Å². The number of nitrogens with zero attached hydrogens (tertiary/aromatic N) is 1. The van der Waals surface area contributed by atoms with Crippen molar-refractivity contribution in [2.24, 2.45) is 5.92 Å². The van der Waals surface area contributed by atoms with Crippen LogP contribution in [0.15, 0.2) is 97.1 Å². The standard InChI is InChI=1S/C27H31N/c1-23(2)20-27(19-18-24-12-6-3-7-13-24)28(21-25-14-8-4-9-15-25)22-26-16-10-5-11-17-26/h3-19,23,27H,20-22H2,1-2H3/b19-18-/t27-/m1/s1. The third-order valence-electron chi connectivity index (χ3n) is 4.95. The van der Waals surface area contributed by atoms with Crippen molar-refractivity contribution in [3.8, 4) is 0 Å². The van der Waals surface area contributed by atoms with E-state index in [1.165, 1.54) is 16.7 Å². The highest BCUT2D eigenvalue weighted by Crippen LogP contribution is 2.20. The Morgan fingerprint density at radius 1 is 0.679 bits per heavy atom. The molecule has 0 aliphatic carbocycles. The van der Waals surface area contributed by atoms with Gasteiger partial charge in [-0.05, 0) is 29.0 Å². The van der Waals surface area contributed by atoms with Crippen molar-refractivity contribution >= 4 is 6.08 Å². The normalized spacial score (nSPS) is 12.7. The first-order valence-electron chi connectivity index (χ1n) is 10.3. The van der Waals surface area contributed by atoms with Gasteiger partial charge in [0.05, 0.1) is 0 Å². The third kappa shape index (κ3) is 6.51. The topological polar surface area (TPSA) is 3.24 Å². The molecular weight excluding hydrogens is 338 g/mol. The fraction of sp³-hybridized carbons (Fsp3) is 0.259. The fourth-order valence-electron chi connectivity index (χ4n) is 3.54. The lowest BCUT2D eigenvalue weighted by Gasteiger charge is -2.31. The first-order valence-corrected chi connectivity index (χ1v) is 10.3. The van der Waals surface area contributed by atoms with Crippen LogP contribution in [0.1, 0.15) is 37.0 Å². The molecule has 0 aliphatic rings. The Hall–Kier alpha value is -2.64. The van der Waals surface area contributed by atoms with Crippen LogP contribution in [0.2, 0.25) is 0 Å². The maximum Gasteiger partial charge on any atom is 0.0290 e. The molecule has 1 heteroatoms. The van der Waals surface area contributed by atoms with Crippen LogP contribution in [0.3, 0.4) is 0 Å². The fourth-order valence-corrected chi connectivity index (χ4v) is 3.54. The van der Waals surface area contributed by atoms with Crippen LogP contribution in [0.5, 0.6) is 0 Å². The molecule has 0 fully saturated rings. The molecule has 0 aromatic heterocycles. The second kappa shape index (κ2) is 10.6. The Kier molecular flexibility index (Phi) is 7.63. The third-order valence-corrected chi connectivity index (χ3v) is 4.95. The number of benzene rings is 3. The van der Waals surface area contributed by atoms with Crippen LogP contribution >= 0.6 is 0 Å². The summed E-state index contributed by atoms with van der Waals surface area (Å²) in [6.07, 6.45) is 5.81. The highest BCUT2D eigenvalue weighted by Gasteiger charge is 2.18. The molecule has 0 heterocycles. The predicted octanol–water partition coefficient (Wildman–Crippen LogP) is 6.82. The van der Waals surface area contributed by atoms with Gasteiger partial charge in [0.1, 0.15) is 0 Å². The van der Waals surface area contributed by atoms with E-state index in [1.807, 2.05) is 0 Å². The molecule has 0 unspecified atom stereocenters. The van der Waals surface area contributed by atoms with E-state index in [9.17, 15) is 0 Å². The summed E-state index contributed by atoms with van der Waals surface area (Å²) >= 11 is 0. The summed E-state index contributed by atoms with van der Waals surface area (Å²) in [6.45, 7) is 6.53. The van der Waals surface area contributed by atoms with Gasteiger partial charge in [-0.15, -0.1) is 0 Å². The lowest BCUT2D eigenvalue weighted by molar-refractivity contribution is 0.190. The average molecular weight is 370 g/mol. The molecule has 0 radical (unpaired) electrons. The Bertz CT molecular complexity index is 780. The average Bonchev–Trinajstić information content (AvgIpc) is 2.73. The van der Waals surface area contributed by atoms with Gasteiger partial charge in [-0.25, -0.2) is 0 Å². The molecule has 3 rings (SSSR count). The largest absolute Gasteiger partial charge is 0.288 e. The molecule has 1 atom stereocenters. The van der Waals surface area contributed by atoms with E-state index in [-0.39, 0.29) is 0 Å². The molecule has 3 aromatic carbocycles. The minimum Gasteiger partial charge on any atom is -0.288 e. The maximum atomic E-state index is 2.60. The molecule has 0 amide bonds. The summed E-state index contributed by atoms with van der Waals surface area (Å²) in [5.41, 5.74) is 3.98. The van der Waals surface area contributed by atoms with Gasteiger partial charge in [0, 0.05) is 19.1 Å². The van der Waals surface area contributed by atoms with Gasteiger partial charge >= 0.3 is 0 Å². The number of hydrogen-bond acceptors (Lipinski definition) is 1. The predicted molar refractivity (Wildman–Crippen MR) is 121 cm³/mol. The van der Waals surface area contributed by atoms with E-state index in [1.54, 1.807) is 0 Å². The monoisotopic (exact) mass is 369 g/mol. The number of hydrogen-bond donors (Lipinski definition) is 0. The van der Waals surface area contributed by atoms with Crippen molar-refractivity contribution in [3.63, 3.8) is 0 Å². The molecule has 0 N–H and O–H groups in total. The number of rotatable bonds is 9. The van der Waals surface area contributed by atoms with Crippen molar-refractivity contribution in [2.45, 2.75) is 39.4 Å². The zero-order valence-electron chi connectivity index (χ0n) is 17.0. The zero-order chi connectivity index (χ0) is 19.6. The van der Waals surface area contributed by atoms with E-state index in [4.69, 9.17) is 0 Å². The zero-order valence-corrected chi connectivity index (χ0v) is 17.0. The van der Waals surface area contributed by atoms with Gasteiger partial charge in [-0.2, -0.15) is 0 Å². The van der Waals surface area contributed by atoms with Gasteiger partial charge in [0.25, 0.3) is 0 Å². The van der Waals surface area contributed by atoms with Crippen molar-refractivity contribution in [3.05, 3.63) is 114 Å². The van der Waals surface area contributed by atoms with E-state index in [2.05, 4.69) is 122 Å². The van der Waals surface area contributed by atoms with Crippen LogP contribution in [-0.2, 0) is 13.1 Å². The second-order valence-corrected chi connectivity index (χ2v) is 7.84. The second-order valence-electron chi connectivity index (χ2n) is 7.84. The summed E-state index contributed by atoms with van der Waals surface area (Å²) in [7, 11) is 0. The highest BCUT2D eigenvalue weighted by molar-refractivity contribution is 5.49. The maximum absolute atomic E-state index is 2.60. The molecule has 0 spiro atoms. The molecular formula is C27H31N. The van der Waals surface area contributed by atoms with Crippen molar-refractivity contribution in [1.29, 1.82) is 0 Å². The first-order chi connectivity index (χ1) is 13.7. The van der Waals surface area contributed by atoms with Crippen molar-refractivity contribution in [1.82, 2.24) is 4.90 Å². The summed E-state index contributed by atoms with van der Waals surface area (Å²) in [5.74, 6) is 0.638. The van der Waals surface area contributed by atoms with Crippen LogP contribution in [-0.4, -0.2) is 10.9 Å². The van der Waals surface area contributed by atoms with Crippen LogP contribution in [0.25, 0.3) is 6.08 Å². The molecule has 0 bridgehead atoms. The molecule has 3 aromatic rings. The molecule has 0 aliphatic heterocycles. The molecule has 0 saturated heterocycles. The van der Waals surface area contributed by atoms with Crippen LogP contribution in [0, 0.1) is 5.92 Å². The summed E-state index contributed by atoms with van der Waals surface area (Å²) < 4.78 is 0. The summed E-state index contributed by atoms with van der Waals surface area (Å²) in [6, 6.07) is 32.6. The van der Waals surface area contributed by atoms with E-state index < -0.39 is 0 Å². The quantitative estimate of drug-likeness (QED) is 0.400. The van der Waals surface area contributed by atoms with Gasteiger partial charge in [0.15, 0.2) is 0 Å². The van der Waals surface area contributed by atoms with E-state index in [0.29, 0.717) is 12.0 Å². The molecule has 28 heavy (non-hydrogen) atoms. The Balaban J connectivity index is 1.86. The van der Waals surface area contributed by atoms with Gasteiger partial charge in [-0.1, -0.05) is 117 Å². The van der Waals surface area contributed by atoms with Crippen molar-refractivity contribution in [2.75, 3.05) is 0 Å². The summed E-state index contributed by atoms with van der Waals surface area (Å²) in [5, 5.41) is 0. The van der Waals surface area contributed by atoms with E-state index >= 15 is 0 Å². The lowest BCUT2D eigenvalue weighted by Crippen LogP contribution is -2.34. The Labute approximate surface area is 170 Å². The SMILES string of the molecule is CC(C)C[C@@H](/C=C\c1ccccc1)N(Cc1ccccc1)Cc1ccccc1. The van der Waals surface area contributed by atoms with Gasteiger partial charge in [0.2, 0.25) is 0 Å².